The van der Waals surface area contributed by atoms with E-state index in [9.17, 15) is 14.9 Å². The van der Waals surface area contributed by atoms with Gasteiger partial charge in [0.15, 0.2) is 0 Å². The maximum Gasteiger partial charge on any atom is 0.372 e. The van der Waals surface area contributed by atoms with E-state index in [4.69, 9.17) is 4.74 Å². The Morgan fingerprint density at radius 3 is 2.96 bits per heavy atom. The third kappa shape index (κ3) is 2.76. The van der Waals surface area contributed by atoms with E-state index in [-0.39, 0.29) is 17.6 Å². The highest BCUT2D eigenvalue weighted by Crippen LogP contribution is 2.40. The van der Waals surface area contributed by atoms with Crippen LogP contribution in [0.1, 0.15) is 32.6 Å². The van der Waals surface area contributed by atoms with Gasteiger partial charge in [0.05, 0.1) is 12.0 Å². The molecule has 0 spiro atoms. The van der Waals surface area contributed by atoms with E-state index >= 15 is 0 Å². The molecule has 23 heavy (non-hydrogen) atoms. The molecule has 124 valence electrons. The summed E-state index contributed by atoms with van der Waals surface area (Å²) in [5.74, 6) is -0.121. The predicted octanol–water partition coefficient (Wildman–Crippen LogP) is 2.84. The third-order valence-corrected chi connectivity index (χ3v) is 5.03. The zero-order valence-corrected chi connectivity index (χ0v) is 13.6. The molecular weight excluding hydrogens is 320 g/mol. The maximum absolute atomic E-state index is 12.3. The summed E-state index contributed by atoms with van der Waals surface area (Å²) in [6.07, 6.45) is 5.00. The largest absolute Gasteiger partial charge is 0.466 e. The van der Waals surface area contributed by atoms with Gasteiger partial charge in [-0.2, -0.15) is 9.38 Å². The molecule has 1 N–H and O–H groups in total. The van der Waals surface area contributed by atoms with E-state index in [1.807, 2.05) is 0 Å². The molecule has 2 aromatic rings. The maximum atomic E-state index is 12.3. The molecule has 1 fully saturated rings. The van der Waals surface area contributed by atoms with Crippen LogP contribution in [0.25, 0.3) is 4.96 Å². The van der Waals surface area contributed by atoms with Gasteiger partial charge < -0.3 is 20.2 Å². The molecule has 1 aliphatic rings. The van der Waals surface area contributed by atoms with Crippen molar-refractivity contribution in [1.82, 2.24) is 9.38 Å². The Bertz CT molecular complexity index is 732. The normalized spacial score (nSPS) is 16.6. The minimum absolute atomic E-state index is 0.0988. The second-order valence-corrected chi connectivity index (χ2v) is 6.53. The lowest BCUT2D eigenvalue weighted by atomic mass is 9.86. The molecule has 0 saturated heterocycles. The van der Waals surface area contributed by atoms with Crippen molar-refractivity contribution in [2.45, 2.75) is 32.6 Å². The zero-order valence-electron chi connectivity index (χ0n) is 12.8. The monoisotopic (exact) mass is 338 g/mol. The number of fused-ring (bicyclic) bond motifs is 1. The van der Waals surface area contributed by atoms with Crippen LogP contribution in [-0.2, 0) is 9.53 Å². The van der Waals surface area contributed by atoms with Crippen LogP contribution in [0.4, 0.5) is 11.6 Å². The summed E-state index contributed by atoms with van der Waals surface area (Å²) >= 11 is 1.33. The van der Waals surface area contributed by atoms with Crippen molar-refractivity contribution in [3.63, 3.8) is 0 Å². The summed E-state index contributed by atoms with van der Waals surface area (Å²) in [5, 5.41) is 16.1. The number of carbonyl (C=O) groups is 1. The Kier molecular flexibility index (Phi) is 4.20. The van der Waals surface area contributed by atoms with E-state index in [2.05, 4.69) is 10.3 Å². The van der Waals surface area contributed by atoms with Gasteiger partial charge in [-0.05, 0) is 24.7 Å². The van der Waals surface area contributed by atoms with Gasteiger partial charge in [0.1, 0.15) is 6.20 Å². The number of carbonyl (C=O) groups excluding carboxylic acids is 1. The van der Waals surface area contributed by atoms with Gasteiger partial charge in [-0.25, -0.2) is 0 Å². The molecule has 1 saturated carbocycles. The first-order valence-electron chi connectivity index (χ1n) is 7.58. The van der Waals surface area contributed by atoms with Gasteiger partial charge in [-0.3, -0.25) is 4.79 Å². The summed E-state index contributed by atoms with van der Waals surface area (Å²) in [6, 6.07) is 0. The molecule has 0 aromatic carbocycles. The molecule has 2 aromatic heterocycles. The van der Waals surface area contributed by atoms with E-state index in [1.165, 1.54) is 15.7 Å². The minimum Gasteiger partial charge on any atom is -0.466 e. The van der Waals surface area contributed by atoms with Crippen LogP contribution in [0.5, 0.6) is 0 Å². The lowest BCUT2D eigenvalue weighted by Crippen LogP contribution is -2.37. The molecule has 0 bridgehead atoms. The van der Waals surface area contributed by atoms with Crippen molar-refractivity contribution >= 4 is 33.9 Å². The molecule has 0 amide bonds. The first kappa shape index (κ1) is 15.7. The highest BCUT2D eigenvalue weighted by Gasteiger charge is 2.43. The zero-order chi connectivity index (χ0) is 16.4. The SMILES string of the molecule is CCOC(=O)C1(CNc2nc3sccn3c2[N+](=O)[O-])CCCC1. The fourth-order valence-electron chi connectivity index (χ4n) is 3.11. The van der Waals surface area contributed by atoms with E-state index in [0.717, 1.165) is 25.7 Å². The van der Waals surface area contributed by atoms with Crippen LogP contribution in [0.2, 0.25) is 0 Å². The van der Waals surface area contributed by atoms with Crippen LogP contribution >= 0.6 is 11.3 Å². The molecule has 2 heterocycles. The highest BCUT2D eigenvalue weighted by molar-refractivity contribution is 7.15. The number of esters is 1. The number of imidazole rings is 1. The fourth-order valence-corrected chi connectivity index (χ4v) is 3.82. The van der Waals surface area contributed by atoms with Crippen molar-refractivity contribution in [2.24, 2.45) is 5.41 Å². The molecular formula is C14H18N4O4S. The molecule has 0 unspecified atom stereocenters. The molecule has 3 rings (SSSR count). The molecule has 1 aliphatic carbocycles. The van der Waals surface area contributed by atoms with Gasteiger partial charge in [0, 0.05) is 11.9 Å². The van der Waals surface area contributed by atoms with E-state index in [1.54, 1.807) is 18.5 Å². The second kappa shape index (κ2) is 6.15. The third-order valence-electron chi connectivity index (χ3n) is 4.27. The number of nitrogens with zero attached hydrogens (tertiary/aromatic N) is 3. The van der Waals surface area contributed by atoms with Gasteiger partial charge >= 0.3 is 11.8 Å². The summed E-state index contributed by atoms with van der Waals surface area (Å²) in [6.45, 7) is 2.42. The van der Waals surface area contributed by atoms with Crippen LogP contribution in [0, 0.1) is 15.5 Å². The Balaban J connectivity index is 1.84. The number of anilines is 1. The van der Waals surface area contributed by atoms with Crippen molar-refractivity contribution in [3.8, 4) is 0 Å². The lowest BCUT2D eigenvalue weighted by Gasteiger charge is -2.26. The Morgan fingerprint density at radius 2 is 2.30 bits per heavy atom. The van der Waals surface area contributed by atoms with Crippen LogP contribution in [-0.4, -0.2) is 33.4 Å². The first-order chi connectivity index (χ1) is 11.1. The average molecular weight is 338 g/mol. The summed E-state index contributed by atoms with van der Waals surface area (Å²) in [4.78, 5) is 28.0. The molecule has 9 heteroatoms. The molecule has 0 radical (unpaired) electrons. The topological polar surface area (TPSA) is 98.8 Å². The number of nitrogens with one attached hydrogen (secondary N) is 1. The Morgan fingerprint density at radius 1 is 1.57 bits per heavy atom. The van der Waals surface area contributed by atoms with Crippen molar-refractivity contribution < 1.29 is 14.5 Å². The Hall–Kier alpha value is -2.16. The van der Waals surface area contributed by atoms with E-state index < -0.39 is 10.3 Å². The molecule has 0 aliphatic heterocycles. The number of hydrogen-bond donors (Lipinski definition) is 1. The van der Waals surface area contributed by atoms with E-state index in [0.29, 0.717) is 18.1 Å². The van der Waals surface area contributed by atoms with Gasteiger partial charge in [-0.15, -0.1) is 0 Å². The second-order valence-electron chi connectivity index (χ2n) is 5.66. The van der Waals surface area contributed by atoms with Gasteiger partial charge in [0.2, 0.25) is 5.82 Å². The number of rotatable bonds is 6. The number of hydrogen-bond acceptors (Lipinski definition) is 7. The minimum atomic E-state index is -0.610. The van der Waals surface area contributed by atoms with Gasteiger partial charge in [0.25, 0.3) is 4.96 Å². The average Bonchev–Trinajstić information content (AvgIpc) is 3.20. The highest BCUT2D eigenvalue weighted by atomic mass is 32.1. The smallest absolute Gasteiger partial charge is 0.372 e. The number of nitro groups is 1. The summed E-state index contributed by atoms with van der Waals surface area (Å²) in [5.41, 5.74) is -0.610. The Labute approximate surface area is 136 Å². The van der Waals surface area contributed by atoms with Crippen molar-refractivity contribution in [3.05, 3.63) is 21.7 Å². The van der Waals surface area contributed by atoms with Crippen LogP contribution in [0.15, 0.2) is 11.6 Å². The number of thiazole rings is 1. The number of aromatic nitrogens is 2. The van der Waals surface area contributed by atoms with Crippen molar-refractivity contribution in [1.29, 1.82) is 0 Å². The molecule has 8 nitrogen and oxygen atoms in total. The van der Waals surface area contributed by atoms with Crippen LogP contribution in [0.3, 0.4) is 0 Å². The van der Waals surface area contributed by atoms with Crippen LogP contribution < -0.4 is 5.32 Å². The summed E-state index contributed by atoms with van der Waals surface area (Å²) < 4.78 is 6.65. The van der Waals surface area contributed by atoms with Crippen molar-refractivity contribution in [2.75, 3.05) is 18.5 Å². The van der Waals surface area contributed by atoms with Gasteiger partial charge in [-0.1, -0.05) is 24.2 Å². The summed E-state index contributed by atoms with van der Waals surface area (Å²) in [7, 11) is 0. The molecule has 0 atom stereocenters. The predicted molar refractivity (Wildman–Crippen MR) is 85.7 cm³/mol. The first-order valence-corrected chi connectivity index (χ1v) is 8.46. The fraction of sp³-hybridized carbons (Fsp3) is 0.571. The number of ether oxygens (including phenoxy) is 1. The lowest BCUT2D eigenvalue weighted by molar-refractivity contribution is -0.389. The standard InChI is InChI=1S/C14H18N4O4S/c1-2-22-12(19)14(5-3-4-6-14)9-15-10-11(18(20)21)17-7-8-23-13(17)16-10/h7-8,15H,2-6,9H2,1H3. The quantitative estimate of drug-likeness (QED) is 0.494.